The zero-order chi connectivity index (χ0) is 27.1. The van der Waals surface area contributed by atoms with Gasteiger partial charge in [0.05, 0.1) is 6.04 Å². The van der Waals surface area contributed by atoms with Crippen LogP contribution in [0.15, 0.2) is 77.3 Å². The number of rotatable bonds is 9. The maximum Gasteiger partial charge on any atom is 0.217 e. The molecular weight excluding hydrogens is 542 g/mol. The Balaban J connectivity index is 2.04. The third-order valence-corrected chi connectivity index (χ3v) is 5.74. The minimum atomic E-state index is -1.39. The number of phenolic OH excluding ortho intramolecular Hbond substituents is 4. The summed E-state index contributed by atoms with van der Waals surface area (Å²) in [6, 6.07) is 13.4. The largest absolute Gasteiger partial charge is 0.508 e. The lowest BCUT2D eigenvalue weighted by atomic mass is 9.85. The molecule has 0 aliphatic carbocycles. The summed E-state index contributed by atoms with van der Waals surface area (Å²) in [4.78, 5) is 38.9. The molecular formula is C28H24BrNO7. The van der Waals surface area contributed by atoms with Crippen LogP contribution in [-0.2, 0) is 14.4 Å². The van der Waals surface area contributed by atoms with Gasteiger partial charge in [0.2, 0.25) is 5.91 Å². The van der Waals surface area contributed by atoms with E-state index in [1.807, 2.05) is 0 Å². The first-order chi connectivity index (χ1) is 17.5. The van der Waals surface area contributed by atoms with Gasteiger partial charge in [-0.3, -0.25) is 14.4 Å². The van der Waals surface area contributed by atoms with E-state index in [-0.39, 0.29) is 23.0 Å². The summed E-state index contributed by atoms with van der Waals surface area (Å²) in [7, 11) is 0. The first-order valence-corrected chi connectivity index (χ1v) is 11.8. The number of nitrogens with one attached hydrogen (secondary N) is 1. The molecule has 0 aliphatic heterocycles. The molecule has 37 heavy (non-hydrogen) atoms. The molecule has 0 heterocycles. The highest BCUT2D eigenvalue weighted by Gasteiger charge is 2.34. The molecule has 0 fully saturated rings. The maximum atomic E-state index is 13.4. The molecule has 0 aliphatic rings. The van der Waals surface area contributed by atoms with Gasteiger partial charge in [0.15, 0.2) is 11.6 Å². The lowest BCUT2D eigenvalue weighted by Crippen LogP contribution is -2.39. The first-order valence-electron chi connectivity index (χ1n) is 11.0. The molecule has 9 heteroatoms. The molecule has 1 amide bonds. The van der Waals surface area contributed by atoms with Crippen molar-refractivity contribution in [1.29, 1.82) is 0 Å². The Labute approximate surface area is 221 Å². The zero-order valence-electron chi connectivity index (χ0n) is 19.6. The highest BCUT2D eigenvalue weighted by Crippen LogP contribution is 2.29. The molecule has 8 nitrogen and oxygen atoms in total. The molecule has 0 saturated carbocycles. The Morgan fingerprint density at radius 1 is 0.757 bits per heavy atom. The van der Waals surface area contributed by atoms with Gasteiger partial charge in [0, 0.05) is 23.5 Å². The van der Waals surface area contributed by atoms with Gasteiger partial charge < -0.3 is 25.7 Å². The summed E-state index contributed by atoms with van der Waals surface area (Å²) in [5, 5.41) is 41.5. The fraction of sp³-hybridized carbons (Fsp3) is 0.107. The lowest BCUT2D eigenvalue weighted by Gasteiger charge is -2.25. The summed E-state index contributed by atoms with van der Waals surface area (Å²) in [6.45, 7) is 1.27. The Kier molecular flexibility index (Phi) is 8.86. The molecule has 1 atom stereocenters. The fourth-order valence-electron chi connectivity index (χ4n) is 3.74. The zero-order valence-corrected chi connectivity index (χ0v) is 21.2. The highest BCUT2D eigenvalue weighted by molar-refractivity contribution is 9.10. The molecule has 3 aromatic rings. The molecule has 1 unspecified atom stereocenters. The number of carbonyl (C=O) groups is 3. The van der Waals surface area contributed by atoms with Gasteiger partial charge in [0.1, 0.15) is 28.9 Å². The van der Waals surface area contributed by atoms with E-state index in [9.17, 15) is 34.8 Å². The number of carbonyl (C=O) groups excluding carboxylic acids is 3. The standard InChI is InChI=1S/C28H24BrNO7/c1-16(31)30-28(19-3-2-4-20(29)13-19)27(25(36)7-5-17-9-21(32)14-22(33)10-17)26(37)8-6-18-11-23(34)15-24(35)12-18/h2-15,27-28,32-35H,1H3,(H,30,31). The summed E-state index contributed by atoms with van der Waals surface area (Å²) in [5.74, 6) is -3.96. The summed E-state index contributed by atoms with van der Waals surface area (Å²) in [6.07, 6.45) is 4.95. The average molecular weight is 566 g/mol. The third-order valence-electron chi connectivity index (χ3n) is 5.24. The Morgan fingerprint density at radius 2 is 1.22 bits per heavy atom. The lowest BCUT2D eigenvalue weighted by molar-refractivity contribution is -0.129. The van der Waals surface area contributed by atoms with Crippen LogP contribution in [0.25, 0.3) is 12.2 Å². The van der Waals surface area contributed by atoms with Gasteiger partial charge >= 0.3 is 0 Å². The van der Waals surface area contributed by atoms with Crippen LogP contribution in [0.1, 0.15) is 29.7 Å². The minimum absolute atomic E-state index is 0.206. The van der Waals surface area contributed by atoms with Crippen LogP contribution in [0.3, 0.4) is 0 Å². The van der Waals surface area contributed by atoms with Gasteiger partial charge in [-0.25, -0.2) is 0 Å². The number of aromatic hydroxyl groups is 4. The van der Waals surface area contributed by atoms with E-state index in [4.69, 9.17) is 0 Å². The fourth-order valence-corrected chi connectivity index (χ4v) is 4.16. The van der Waals surface area contributed by atoms with Gasteiger partial charge in [-0.05, 0) is 65.2 Å². The van der Waals surface area contributed by atoms with Crippen LogP contribution in [0.4, 0.5) is 0 Å². The average Bonchev–Trinajstić information content (AvgIpc) is 2.79. The molecule has 3 rings (SSSR count). The molecule has 190 valence electrons. The van der Waals surface area contributed by atoms with E-state index in [1.165, 1.54) is 43.3 Å². The van der Waals surface area contributed by atoms with Gasteiger partial charge in [-0.2, -0.15) is 0 Å². The van der Waals surface area contributed by atoms with Gasteiger partial charge in [0.25, 0.3) is 0 Å². The Bertz CT molecular complexity index is 1280. The van der Waals surface area contributed by atoms with Crippen molar-refractivity contribution in [3.8, 4) is 23.0 Å². The van der Waals surface area contributed by atoms with Gasteiger partial charge in [-0.15, -0.1) is 0 Å². The van der Waals surface area contributed by atoms with E-state index in [1.54, 1.807) is 24.3 Å². The molecule has 0 aromatic heterocycles. The van der Waals surface area contributed by atoms with E-state index in [0.717, 1.165) is 24.3 Å². The Hall–Kier alpha value is -4.37. The van der Waals surface area contributed by atoms with Crippen molar-refractivity contribution in [3.05, 3.63) is 94.0 Å². The van der Waals surface area contributed by atoms with E-state index >= 15 is 0 Å². The van der Waals surface area contributed by atoms with Crippen molar-refractivity contribution in [3.63, 3.8) is 0 Å². The number of hydrogen-bond acceptors (Lipinski definition) is 7. The van der Waals surface area contributed by atoms with Gasteiger partial charge in [-0.1, -0.05) is 40.2 Å². The third kappa shape index (κ3) is 7.81. The second-order valence-corrected chi connectivity index (χ2v) is 9.16. The predicted octanol–water partition coefficient (Wildman–Crippen LogP) is 4.63. The van der Waals surface area contributed by atoms with Crippen LogP contribution in [0, 0.1) is 5.92 Å². The predicted molar refractivity (Wildman–Crippen MR) is 142 cm³/mol. The Morgan fingerprint density at radius 3 is 1.62 bits per heavy atom. The topological polar surface area (TPSA) is 144 Å². The van der Waals surface area contributed by atoms with Crippen LogP contribution >= 0.6 is 15.9 Å². The van der Waals surface area contributed by atoms with Crippen molar-refractivity contribution in [2.45, 2.75) is 13.0 Å². The van der Waals surface area contributed by atoms with Crippen molar-refractivity contribution in [2.75, 3.05) is 0 Å². The number of ketones is 2. The van der Waals surface area contributed by atoms with E-state index < -0.39 is 29.4 Å². The smallest absolute Gasteiger partial charge is 0.217 e. The van der Waals surface area contributed by atoms with Crippen molar-refractivity contribution in [2.24, 2.45) is 5.92 Å². The van der Waals surface area contributed by atoms with Crippen LogP contribution in [0.2, 0.25) is 0 Å². The number of benzene rings is 3. The van der Waals surface area contributed by atoms with Crippen LogP contribution in [-0.4, -0.2) is 37.9 Å². The molecule has 0 bridgehead atoms. The second kappa shape index (κ2) is 12.0. The SMILES string of the molecule is CC(=O)NC(c1cccc(Br)c1)C(C(=O)C=Cc1cc(O)cc(O)c1)C(=O)C=Cc1cc(O)cc(O)c1. The quantitative estimate of drug-likeness (QED) is 0.188. The molecule has 0 saturated heterocycles. The van der Waals surface area contributed by atoms with Crippen LogP contribution in [0.5, 0.6) is 23.0 Å². The summed E-state index contributed by atoms with van der Waals surface area (Å²) < 4.78 is 0.676. The maximum absolute atomic E-state index is 13.4. The monoisotopic (exact) mass is 565 g/mol. The van der Waals surface area contributed by atoms with Crippen LogP contribution < -0.4 is 5.32 Å². The van der Waals surface area contributed by atoms with Crippen molar-refractivity contribution in [1.82, 2.24) is 5.32 Å². The summed E-state index contributed by atoms with van der Waals surface area (Å²) >= 11 is 3.36. The molecule has 3 aromatic carbocycles. The van der Waals surface area contributed by atoms with E-state index in [0.29, 0.717) is 21.2 Å². The number of allylic oxidation sites excluding steroid dienone is 2. The molecule has 0 spiro atoms. The number of phenols is 4. The van der Waals surface area contributed by atoms with Crippen molar-refractivity contribution < 1.29 is 34.8 Å². The highest BCUT2D eigenvalue weighted by atomic mass is 79.9. The minimum Gasteiger partial charge on any atom is -0.508 e. The van der Waals surface area contributed by atoms with E-state index in [2.05, 4.69) is 21.2 Å². The number of halogens is 1. The number of hydrogen-bond donors (Lipinski definition) is 5. The molecule has 0 radical (unpaired) electrons. The number of amides is 1. The second-order valence-electron chi connectivity index (χ2n) is 8.25. The molecule has 5 N–H and O–H groups in total. The first kappa shape index (κ1) is 27.2. The summed E-state index contributed by atoms with van der Waals surface area (Å²) in [5.41, 5.74) is 1.14. The van der Waals surface area contributed by atoms with Crippen molar-refractivity contribution >= 4 is 45.6 Å². The normalized spacial score (nSPS) is 12.9.